The Bertz CT molecular complexity index is 1150. The average Bonchev–Trinajstić information content (AvgIpc) is 2.79. The van der Waals surface area contributed by atoms with Crippen molar-refractivity contribution in [1.82, 2.24) is 4.72 Å². The highest BCUT2D eigenvalue weighted by Gasteiger charge is 2.44. The smallest absolute Gasteiger partial charge is 0.252 e. The Morgan fingerprint density at radius 1 is 0.938 bits per heavy atom. The van der Waals surface area contributed by atoms with Gasteiger partial charge in [0.05, 0.1) is 11.5 Å². The van der Waals surface area contributed by atoms with Crippen LogP contribution in [0.5, 0.6) is 0 Å². The van der Waals surface area contributed by atoms with Gasteiger partial charge in [-0.05, 0) is 43.5 Å². The molecule has 3 rings (SSSR count). The van der Waals surface area contributed by atoms with E-state index in [1.54, 1.807) is 49.4 Å². The lowest BCUT2D eigenvalue weighted by Gasteiger charge is -2.31. The zero-order valence-electron chi connectivity index (χ0n) is 18.1. The molecule has 0 aliphatic rings. The van der Waals surface area contributed by atoms with Crippen LogP contribution >= 0.6 is 7.37 Å². The first-order valence-electron chi connectivity index (χ1n) is 10.4. The van der Waals surface area contributed by atoms with E-state index >= 15 is 0 Å². The van der Waals surface area contributed by atoms with Crippen molar-refractivity contribution in [1.29, 1.82) is 0 Å². The van der Waals surface area contributed by atoms with Crippen LogP contribution in [-0.2, 0) is 25.5 Å². The van der Waals surface area contributed by atoms with E-state index in [0.717, 1.165) is 11.1 Å². The Labute approximate surface area is 189 Å². The second-order valence-corrected chi connectivity index (χ2v) is 11.9. The summed E-state index contributed by atoms with van der Waals surface area (Å²) in [4.78, 5) is 0.0541. The third-order valence-electron chi connectivity index (χ3n) is 5.10. The van der Waals surface area contributed by atoms with Crippen LogP contribution in [0.2, 0.25) is 0 Å². The Balaban J connectivity index is 2.05. The van der Waals surface area contributed by atoms with Crippen LogP contribution in [0.4, 0.5) is 0 Å². The summed E-state index contributed by atoms with van der Waals surface area (Å²) in [5.74, 6) is -2.66. The zero-order chi connectivity index (χ0) is 23.2. The summed E-state index contributed by atoms with van der Waals surface area (Å²) in [5.41, 5.74) is 2.09. The van der Waals surface area contributed by atoms with Crippen molar-refractivity contribution >= 4 is 17.4 Å². The number of hydrogen-bond donors (Lipinski definition) is 2. The van der Waals surface area contributed by atoms with Crippen LogP contribution in [0.25, 0.3) is 0 Å². The van der Waals surface area contributed by atoms with Gasteiger partial charge in [0.25, 0.3) is 7.37 Å². The molecule has 2 N–H and O–H groups in total. The summed E-state index contributed by atoms with van der Waals surface area (Å²) in [6.07, 6.45) is 0.0904. The summed E-state index contributed by atoms with van der Waals surface area (Å²) in [5, 5.41) is 11.1. The van der Waals surface area contributed by atoms with Gasteiger partial charge in [0.15, 0.2) is 5.85 Å². The maximum atomic E-state index is 14.2. The first-order valence-corrected chi connectivity index (χ1v) is 13.6. The van der Waals surface area contributed by atoms with Gasteiger partial charge in [-0.2, -0.15) is 4.72 Å². The predicted octanol–water partition coefficient (Wildman–Crippen LogP) is 4.85. The fraction of sp³-hybridized carbons (Fsp3) is 0.250. The molecule has 3 atom stereocenters. The molecule has 1 unspecified atom stereocenters. The zero-order valence-corrected chi connectivity index (χ0v) is 19.8. The van der Waals surface area contributed by atoms with Gasteiger partial charge in [0.2, 0.25) is 10.0 Å². The molecule has 3 aromatic carbocycles. The molecule has 170 valence electrons. The van der Waals surface area contributed by atoms with Gasteiger partial charge in [0, 0.05) is 0 Å². The standard InChI is InChI=1S/C24H28NO5PS/c1-3-30-31(27,24(26)21-12-8-5-9-13-21)23(18-20-10-6-4-7-11-20)25-32(28,29)22-16-14-19(2)15-17-22/h4-17,23-26H,3,18H2,1-2H3/t23-,24+,31?/m1/s1. The van der Waals surface area contributed by atoms with Crippen molar-refractivity contribution in [2.45, 2.75) is 36.8 Å². The molecule has 0 saturated heterocycles. The summed E-state index contributed by atoms with van der Waals surface area (Å²) < 4.78 is 48.8. The molecule has 32 heavy (non-hydrogen) atoms. The highest BCUT2D eigenvalue weighted by molar-refractivity contribution is 7.90. The molecule has 6 nitrogen and oxygen atoms in total. The highest BCUT2D eigenvalue weighted by atomic mass is 32.2. The number of hydrogen-bond acceptors (Lipinski definition) is 5. The minimum Gasteiger partial charge on any atom is -0.378 e. The van der Waals surface area contributed by atoms with E-state index in [4.69, 9.17) is 4.52 Å². The van der Waals surface area contributed by atoms with Gasteiger partial charge in [-0.25, -0.2) is 8.42 Å². The molecule has 0 heterocycles. The van der Waals surface area contributed by atoms with Crippen LogP contribution in [0.1, 0.15) is 29.5 Å². The van der Waals surface area contributed by atoms with Crippen molar-refractivity contribution in [3.05, 3.63) is 102 Å². The molecule has 3 aromatic rings. The van der Waals surface area contributed by atoms with Crippen LogP contribution in [0.15, 0.2) is 89.8 Å². The van der Waals surface area contributed by atoms with Crippen molar-refractivity contribution in [2.75, 3.05) is 6.61 Å². The number of benzene rings is 3. The van der Waals surface area contributed by atoms with E-state index in [1.807, 2.05) is 37.3 Å². The monoisotopic (exact) mass is 473 g/mol. The maximum absolute atomic E-state index is 14.2. The van der Waals surface area contributed by atoms with Crippen molar-refractivity contribution < 1.29 is 22.6 Å². The molecule has 0 bridgehead atoms. The summed E-state index contributed by atoms with van der Waals surface area (Å²) in [7, 11) is -8.00. The van der Waals surface area contributed by atoms with Crippen LogP contribution < -0.4 is 4.72 Å². The van der Waals surface area contributed by atoms with Crippen molar-refractivity contribution in [3.8, 4) is 0 Å². The third-order valence-corrected chi connectivity index (χ3v) is 9.58. The van der Waals surface area contributed by atoms with Gasteiger partial charge in [-0.15, -0.1) is 0 Å². The Morgan fingerprint density at radius 2 is 1.50 bits per heavy atom. The minimum atomic E-state index is -4.03. The summed E-state index contributed by atoms with van der Waals surface area (Å²) in [6.45, 7) is 3.58. The SMILES string of the molecule is CCOP(=O)([C@H](Cc1ccccc1)NS(=O)(=O)c1ccc(C)cc1)[C@H](O)c1ccccc1. The second-order valence-electron chi connectivity index (χ2n) is 7.49. The van der Waals surface area contributed by atoms with E-state index in [9.17, 15) is 18.1 Å². The number of aryl methyl sites for hydroxylation is 1. The van der Waals surface area contributed by atoms with Crippen molar-refractivity contribution in [2.24, 2.45) is 0 Å². The van der Waals surface area contributed by atoms with E-state index in [2.05, 4.69) is 4.72 Å². The molecular weight excluding hydrogens is 445 g/mol. The molecule has 0 aliphatic heterocycles. The molecular formula is C24H28NO5PS. The number of sulfonamides is 1. The van der Waals surface area contributed by atoms with Gasteiger partial charge < -0.3 is 9.63 Å². The highest BCUT2D eigenvalue weighted by Crippen LogP contribution is 2.62. The molecule has 0 saturated carbocycles. The van der Waals surface area contributed by atoms with E-state index < -0.39 is 29.0 Å². The number of rotatable bonds is 10. The quantitative estimate of drug-likeness (QED) is 0.411. The van der Waals surface area contributed by atoms with Crippen molar-refractivity contribution in [3.63, 3.8) is 0 Å². The number of nitrogens with one attached hydrogen (secondary N) is 1. The molecule has 0 radical (unpaired) electrons. The number of aliphatic hydroxyl groups excluding tert-OH is 1. The topological polar surface area (TPSA) is 92.7 Å². The second kappa shape index (κ2) is 10.6. The van der Waals surface area contributed by atoms with Gasteiger partial charge in [0.1, 0.15) is 5.78 Å². The summed E-state index contributed by atoms with van der Waals surface area (Å²) in [6, 6.07) is 24.0. The Kier molecular flexibility index (Phi) is 8.04. The summed E-state index contributed by atoms with van der Waals surface area (Å²) >= 11 is 0. The maximum Gasteiger partial charge on any atom is 0.252 e. The molecule has 8 heteroatoms. The van der Waals surface area contributed by atoms with Gasteiger partial charge in [-0.3, -0.25) is 4.57 Å². The fourth-order valence-corrected chi connectivity index (χ4v) is 7.60. The lowest BCUT2D eigenvalue weighted by atomic mass is 10.1. The van der Waals surface area contributed by atoms with E-state index in [1.165, 1.54) is 12.1 Å². The minimum absolute atomic E-state index is 0.0541. The lowest BCUT2D eigenvalue weighted by molar-refractivity contribution is 0.208. The Hall–Kier alpha value is -2.28. The molecule has 0 amide bonds. The fourth-order valence-electron chi connectivity index (χ4n) is 3.41. The molecule has 0 spiro atoms. The van der Waals surface area contributed by atoms with Crippen LogP contribution in [0, 0.1) is 6.92 Å². The third kappa shape index (κ3) is 5.74. The molecule has 0 aliphatic carbocycles. The van der Waals surface area contributed by atoms with Crippen LogP contribution in [0.3, 0.4) is 0 Å². The first kappa shape index (κ1) is 24.4. The average molecular weight is 474 g/mol. The van der Waals surface area contributed by atoms with Gasteiger partial charge >= 0.3 is 0 Å². The number of aliphatic hydroxyl groups is 1. The van der Waals surface area contributed by atoms with Gasteiger partial charge in [-0.1, -0.05) is 78.4 Å². The lowest BCUT2D eigenvalue weighted by Crippen LogP contribution is -2.38. The largest absolute Gasteiger partial charge is 0.378 e. The Morgan fingerprint density at radius 3 is 2.06 bits per heavy atom. The van der Waals surface area contributed by atoms with E-state index in [-0.39, 0.29) is 17.9 Å². The van der Waals surface area contributed by atoms with E-state index in [0.29, 0.717) is 5.56 Å². The molecule has 0 fully saturated rings. The first-order chi connectivity index (χ1) is 15.3. The molecule has 0 aromatic heterocycles. The van der Waals surface area contributed by atoms with Crippen LogP contribution in [-0.4, -0.2) is 25.9 Å². The predicted molar refractivity (Wildman–Crippen MR) is 126 cm³/mol. The normalized spacial score (nSPS) is 15.6.